The lowest BCUT2D eigenvalue weighted by Gasteiger charge is -2.17. The molecule has 4 heteroatoms. The van der Waals surface area contributed by atoms with E-state index in [1.54, 1.807) is 6.07 Å². The summed E-state index contributed by atoms with van der Waals surface area (Å²) in [5, 5.41) is 7.00. The van der Waals surface area contributed by atoms with E-state index in [0.29, 0.717) is 11.2 Å². The molecular formula is C12H15FN2S. The Morgan fingerprint density at radius 1 is 1.50 bits per heavy atom. The number of halogens is 1. The van der Waals surface area contributed by atoms with Crippen molar-refractivity contribution < 1.29 is 4.39 Å². The van der Waals surface area contributed by atoms with Gasteiger partial charge in [-0.1, -0.05) is 12.1 Å². The number of hydrogen-bond acceptors (Lipinski definition) is 1. The summed E-state index contributed by atoms with van der Waals surface area (Å²) in [6.45, 7) is 1.97. The number of thiocarbonyl (C=S) groups is 1. The lowest BCUT2D eigenvalue weighted by Crippen LogP contribution is -2.37. The molecule has 0 amide bonds. The highest BCUT2D eigenvalue weighted by Gasteiger charge is 2.22. The number of nitrogens with one attached hydrogen (secondary N) is 2. The van der Waals surface area contributed by atoms with Crippen molar-refractivity contribution in [1.82, 2.24) is 10.6 Å². The van der Waals surface area contributed by atoms with Gasteiger partial charge in [-0.15, -0.1) is 0 Å². The maximum Gasteiger partial charge on any atom is 0.166 e. The summed E-state index contributed by atoms with van der Waals surface area (Å²) in [4.78, 5) is 0. The Morgan fingerprint density at radius 2 is 2.25 bits per heavy atom. The standard InChI is InChI=1S/C12H15FN2S/c1-8(9-3-2-4-10(13)7-9)14-12(16)15-11-5-6-11/h2-4,7-8,11H,5-6H2,1H3,(H2,14,15,16). The molecule has 16 heavy (non-hydrogen) atoms. The first-order valence-electron chi connectivity index (χ1n) is 5.47. The van der Waals surface area contributed by atoms with Gasteiger partial charge in [0.05, 0.1) is 6.04 Å². The van der Waals surface area contributed by atoms with E-state index < -0.39 is 0 Å². The third-order valence-corrected chi connectivity index (χ3v) is 2.84. The molecule has 0 saturated heterocycles. The van der Waals surface area contributed by atoms with E-state index in [9.17, 15) is 4.39 Å². The maximum absolute atomic E-state index is 13.0. The van der Waals surface area contributed by atoms with Crippen molar-refractivity contribution in [1.29, 1.82) is 0 Å². The first kappa shape index (κ1) is 11.3. The van der Waals surface area contributed by atoms with E-state index in [2.05, 4.69) is 10.6 Å². The van der Waals surface area contributed by atoms with Crippen molar-refractivity contribution in [3.8, 4) is 0 Å². The van der Waals surface area contributed by atoms with Crippen molar-refractivity contribution in [2.45, 2.75) is 31.8 Å². The van der Waals surface area contributed by atoms with Crippen LogP contribution in [0.25, 0.3) is 0 Å². The molecule has 1 fully saturated rings. The van der Waals surface area contributed by atoms with Gasteiger partial charge in [0.1, 0.15) is 5.82 Å². The summed E-state index contributed by atoms with van der Waals surface area (Å²) in [7, 11) is 0. The van der Waals surface area contributed by atoms with Crippen molar-refractivity contribution in [2.75, 3.05) is 0 Å². The third-order valence-electron chi connectivity index (χ3n) is 2.61. The zero-order chi connectivity index (χ0) is 11.5. The van der Waals surface area contributed by atoms with E-state index in [-0.39, 0.29) is 11.9 Å². The molecule has 1 aromatic rings. The molecule has 0 aromatic heterocycles. The molecule has 0 radical (unpaired) electrons. The molecule has 2 nitrogen and oxygen atoms in total. The molecule has 2 N–H and O–H groups in total. The van der Waals surface area contributed by atoms with E-state index in [1.165, 1.54) is 25.0 Å². The van der Waals surface area contributed by atoms with Gasteiger partial charge in [0.2, 0.25) is 0 Å². The van der Waals surface area contributed by atoms with Gasteiger partial charge in [0.25, 0.3) is 0 Å². The van der Waals surface area contributed by atoms with Gasteiger partial charge >= 0.3 is 0 Å². The maximum atomic E-state index is 13.0. The lowest BCUT2D eigenvalue weighted by atomic mass is 10.1. The quantitative estimate of drug-likeness (QED) is 0.791. The fourth-order valence-corrected chi connectivity index (χ4v) is 1.85. The van der Waals surface area contributed by atoms with Crippen LogP contribution in [0.4, 0.5) is 4.39 Å². The Bertz CT molecular complexity index is 390. The molecule has 1 unspecified atom stereocenters. The van der Waals surface area contributed by atoms with Gasteiger partial charge in [-0.05, 0) is 49.7 Å². The molecule has 0 spiro atoms. The van der Waals surface area contributed by atoms with Gasteiger partial charge in [0, 0.05) is 6.04 Å². The molecule has 1 atom stereocenters. The second-order valence-electron chi connectivity index (χ2n) is 4.17. The zero-order valence-electron chi connectivity index (χ0n) is 9.16. The smallest absolute Gasteiger partial charge is 0.166 e. The van der Waals surface area contributed by atoms with Crippen LogP contribution in [-0.4, -0.2) is 11.2 Å². The van der Waals surface area contributed by atoms with Crippen LogP contribution < -0.4 is 10.6 Å². The van der Waals surface area contributed by atoms with Crippen molar-refractivity contribution >= 4 is 17.3 Å². The summed E-state index contributed by atoms with van der Waals surface area (Å²) in [5.74, 6) is -0.216. The molecule has 0 bridgehead atoms. The lowest BCUT2D eigenvalue weighted by molar-refractivity contribution is 0.617. The summed E-state index contributed by atoms with van der Waals surface area (Å²) in [6, 6.07) is 7.13. The Morgan fingerprint density at radius 3 is 2.88 bits per heavy atom. The minimum absolute atomic E-state index is 0.0226. The monoisotopic (exact) mass is 238 g/mol. The molecule has 1 saturated carbocycles. The molecule has 0 heterocycles. The predicted molar refractivity (Wildman–Crippen MR) is 66.7 cm³/mol. The Labute approximate surface area is 100 Å². The number of benzene rings is 1. The van der Waals surface area contributed by atoms with Crippen LogP contribution in [0.15, 0.2) is 24.3 Å². The van der Waals surface area contributed by atoms with Gasteiger partial charge in [0.15, 0.2) is 5.11 Å². The summed E-state index contributed by atoms with van der Waals surface area (Å²) >= 11 is 5.16. The fraction of sp³-hybridized carbons (Fsp3) is 0.417. The highest BCUT2D eigenvalue weighted by atomic mass is 32.1. The van der Waals surface area contributed by atoms with Crippen LogP contribution >= 0.6 is 12.2 Å². The van der Waals surface area contributed by atoms with E-state index in [0.717, 1.165) is 5.56 Å². The van der Waals surface area contributed by atoms with Crippen LogP contribution in [0.2, 0.25) is 0 Å². The second-order valence-corrected chi connectivity index (χ2v) is 4.58. The Balaban J connectivity index is 1.91. The topological polar surface area (TPSA) is 24.1 Å². The molecular weight excluding hydrogens is 223 g/mol. The van der Waals surface area contributed by atoms with Crippen LogP contribution in [-0.2, 0) is 0 Å². The van der Waals surface area contributed by atoms with Crippen molar-refractivity contribution in [2.24, 2.45) is 0 Å². The number of rotatable bonds is 3. The minimum atomic E-state index is -0.216. The predicted octanol–water partition coefficient (Wildman–Crippen LogP) is 2.51. The van der Waals surface area contributed by atoms with Crippen LogP contribution in [0.1, 0.15) is 31.4 Å². The van der Waals surface area contributed by atoms with E-state index in [4.69, 9.17) is 12.2 Å². The minimum Gasteiger partial charge on any atom is -0.360 e. The molecule has 1 aromatic carbocycles. The first-order chi connectivity index (χ1) is 7.65. The zero-order valence-corrected chi connectivity index (χ0v) is 9.98. The fourth-order valence-electron chi connectivity index (χ4n) is 1.51. The highest BCUT2D eigenvalue weighted by Crippen LogP contribution is 2.19. The van der Waals surface area contributed by atoms with Gasteiger partial charge < -0.3 is 10.6 Å². The third kappa shape index (κ3) is 3.17. The Kier molecular flexibility index (Phi) is 3.39. The highest BCUT2D eigenvalue weighted by molar-refractivity contribution is 7.80. The average Bonchev–Trinajstić information content (AvgIpc) is 3.01. The average molecular weight is 238 g/mol. The molecule has 1 aliphatic carbocycles. The molecule has 1 aliphatic rings. The molecule has 2 rings (SSSR count). The van der Waals surface area contributed by atoms with Gasteiger partial charge in [-0.25, -0.2) is 4.39 Å². The Hall–Kier alpha value is -1.16. The largest absolute Gasteiger partial charge is 0.360 e. The molecule has 86 valence electrons. The normalized spacial score (nSPS) is 16.6. The summed E-state index contributed by atoms with van der Waals surface area (Å²) < 4.78 is 13.0. The first-order valence-corrected chi connectivity index (χ1v) is 5.88. The van der Waals surface area contributed by atoms with Crippen molar-refractivity contribution in [3.63, 3.8) is 0 Å². The molecule has 0 aliphatic heterocycles. The van der Waals surface area contributed by atoms with E-state index in [1.807, 2.05) is 13.0 Å². The number of hydrogen-bond donors (Lipinski definition) is 2. The van der Waals surface area contributed by atoms with Gasteiger partial charge in [-0.2, -0.15) is 0 Å². The van der Waals surface area contributed by atoms with Crippen molar-refractivity contribution in [3.05, 3.63) is 35.6 Å². The van der Waals surface area contributed by atoms with E-state index >= 15 is 0 Å². The van der Waals surface area contributed by atoms with Gasteiger partial charge in [-0.3, -0.25) is 0 Å². The van der Waals surface area contributed by atoms with Crippen LogP contribution in [0, 0.1) is 5.82 Å². The SMILES string of the molecule is CC(NC(=S)NC1CC1)c1cccc(F)c1. The second kappa shape index (κ2) is 4.78. The summed E-state index contributed by atoms with van der Waals surface area (Å²) in [5.41, 5.74) is 0.903. The van der Waals surface area contributed by atoms with Crippen LogP contribution in [0.5, 0.6) is 0 Å². The summed E-state index contributed by atoms with van der Waals surface area (Å²) in [6.07, 6.45) is 2.38. The van der Waals surface area contributed by atoms with Crippen LogP contribution in [0.3, 0.4) is 0 Å².